The van der Waals surface area contributed by atoms with Gasteiger partial charge in [-0.15, -0.1) is 0 Å². The number of nitrogens with two attached hydrogens (primary N) is 1. The first-order chi connectivity index (χ1) is 12.2. The number of methoxy groups -OCH3 is 4. The van der Waals surface area contributed by atoms with Crippen LogP contribution < -0.4 is 29.4 Å². The Kier molecular flexibility index (Phi) is 7.85. The average molecular weight is 384 g/mol. The summed E-state index contributed by atoms with van der Waals surface area (Å²) in [6.45, 7) is 0. The SMILES string of the molecule is COc1cc(N)cc(OC)c1.COc1cc(NS(C)(=O)=O)cc(OC)c1. The van der Waals surface area contributed by atoms with E-state index in [1.54, 1.807) is 50.6 Å². The summed E-state index contributed by atoms with van der Waals surface area (Å²) in [6, 6.07) is 10.1. The number of rotatable bonds is 6. The van der Waals surface area contributed by atoms with Crippen molar-refractivity contribution in [2.45, 2.75) is 0 Å². The summed E-state index contributed by atoms with van der Waals surface area (Å²) in [7, 11) is 2.89. The summed E-state index contributed by atoms with van der Waals surface area (Å²) in [5.74, 6) is 2.48. The van der Waals surface area contributed by atoms with Crippen molar-refractivity contribution in [1.82, 2.24) is 0 Å². The lowest BCUT2D eigenvalue weighted by atomic mass is 10.3. The van der Waals surface area contributed by atoms with Crippen molar-refractivity contribution in [2.75, 3.05) is 45.2 Å². The zero-order valence-electron chi connectivity index (χ0n) is 15.4. The highest BCUT2D eigenvalue weighted by molar-refractivity contribution is 7.92. The van der Waals surface area contributed by atoms with Crippen molar-refractivity contribution in [3.8, 4) is 23.0 Å². The van der Waals surface area contributed by atoms with E-state index in [-0.39, 0.29) is 0 Å². The first-order valence-corrected chi connectivity index (χ1v) is 9.29. The number of anilines is 2. The highest BCUT2D eigenvalue weighted by Crippen LogP contribution is 2.26. The molecule has 0 aliphatic carbocycles. The van der Waals surface area contributed by atoms with Gasteiger partial charge in [-0.1, -0.05) is 0 Å². The molecule has 0 spiro atoms. The maximum Gasteiger partial charge on any atom is 0.229 e. The lowest BCUT2D eigenvalue weighted by Gasteiger charge is -2.08. The van der Waals surface area contributed by atoms with Crippen LogP contribution in [0.2, 0.25) is 0 Å². The van der Waals surface area contributed by atoms with Crippen LogP contribution in [0.4, 0.5) is 11.4 Å². The number of hydrogen-bond acceptors (Lipinski definition) is 7. The first kappa shape index (κ1) is 21.2. The van der Waals surface area contributed by atoms with Crippen molar-refractivity contribution in [3.63, 3.8) is 0 Å². The molecule has 9 heteroatoms. The maximum absolute atomic E-state index is 11.0. The Morgan fingerprint density at radius 3 is 1.38 bits per heavy atom. The molecule has 0 amide bonds. The first-order valence-electron chi connectivity index (χ1n) is 7.40. The summed E-state index contributed by atoms with van der Waals surface area (Å²) >= 11 is 0. The van der Waals surface area contributed by atoms with Gasteiger partial charge in [-0.3, -0.25) is 4.72 Å². The van der Waals surface area contributed by atoms with E-state index in [2.05, 4.69) is 4.72 Å². The molecule has 0 saturated carbocycles. The largest absolute Gasteiger partial charge is 0.497 e. The second-order valence-electron chi connectivity index (χ2n) is 5.12. The predicted molar refractivity (Wildman–Crippen MR) is 102 cm³/mol. The highest BCUT2D eigenvalue weighted by atomic mass is 32.2. The lowest BCUT2D eigenvalue weighted by Crippen LogP contribution is -2.09. The molecule has 26 heavy (non-hydrogen) atoms. The molecule has 8 nitrogen and oxygen atoms in total. The number of nitrogen functional groups attached to an aromatic ring is 1. The molecular weight excluding hydrogens is 360 g/mol. The molecule has 0 unspecified atom stereocenters. The molecule has 2 aromatic carbocycles. The van der Waals surface area contributed by atoms with Crippen LogP contribution in [0.5, 0.6) is 23.0 Å². The third-order valence-corrected chi connectivity index (χ3v) is 3.63. The number of hydrogen-bond donors (Lipinski definition) is 2. The van der Waals surface area contributed by atoms with Gasteiger partial charge in [0.2, 0.25) is 10.0 Å². The van der Waals surface area contributed by atoms with Crippen LogP contribution in [0.15, 0.2) is 36.4 Å². The smallest absolute Gasteiger partial charge is 0.229 e. The Labute approximate surface area is 153 Å². The van der Waals surface area contributed by atoms with Crippen LogP contribution in [-0.2, 0) is 10.0 Å². The summed E-state index contributed by atoms with van der Waals surface area (Å²) in [4.78, 5) is 0. The quantitative estimate of drug-likeness (QED) is 0.736. The molecule has 0 fully saturated rings. The number of nitrogens with one attached hydrogen (secondary N) is 1. The average Bonchev–Trinajstić information content (AvgIpc) is 2.59. The van der Waals surface area contributed by atoms with Crippen LogP contribution >= 0.6 is 0 Å². The molecule has 0 atom stereocenters. The summed E-state index contributed by atoms with van der Waals surface area (Å²) in [5, 5.41) is 0. The second kappa shape index (κ2) is 9.62. The molecule has 0 aromatic heterocycles. The van der Waals surface area contributed by atoms with Gasteiger partial charge in [-0.2, -0.15) is 0 Å². The van der Waals surface area contributed by atoms with E-state index in [0.717, 1.165) is 6.26 Å². The Balaban J connectivity index is 0.000000273. The second-order valence-corrected chi connectivity index (χ2v) is 6.87. The lowest BCUT2D eigenvalue weighted by molar-refractivity contribution is 0.394. The maximum atomic E-state index is 11.0. The zero-order chi connectivity index (χ0) is 19.7. The van der Waals surface area contributed by atoms with E-state index in [1.807, 2.05) is 0 Å². The number of benzene rings is 2. The van der Waals surface area contributed by atoms with Gasteiger partial charge in [0.1, 0.15) is 23.0 Å². The Hall–Kier alpha value is -2.81. The minimum atomic E-state index is -3.29. The number of ether oxygens (including phenoxy) is 4. The minimum absolute atomic E-state index is 0.411. The van der Waals surface area contributed by atoms with Crippen LogP contribution in [0.3, 0.4) is 0 Å². The normalized spacial score (nSPS) is 10.2. The van der Waals surface area contributed by atoms with Gasteiger partial charge in [0.25, 0.3) is 0 Å². The molecule has 2 rings (SSSR count). The topological polar surface area (TPSA) is 109 Å². The van der Waals surface area contributed by atoms with Gasteiger partial charge in [-0.25, -0.2) is 8.42 Å². The summed E-state index contributed by atoms with van der Waals surface area (Å²) in [6.07, 6.45) is 1.08. The van der Waals surface area contributed by atoms with Crippen LogP contribution in [0, 0.1) is 0 Å². The molecule has 0 aliphatic rings. The Morgan fingerprint density at radius 2 is 1.08 bits per heavy atom. The standard InChI is InChI=1S/C9H13NO4S.C8H11NO2/c1-13-8-4-7(10-15(3,11)12)5-9(6-8)14-2;1-10-7-3-6(9)4-8(5-7)11-2/h4-6,10H,1-3H3;3-5H,9H2,1-2H3. The minimum Gasteiger partial charge on any atom is -0.497 e. The van der Waals surface area contributed by atoms with Crippen LogP contribution in [0.1, 0.15) is 0 Å². The van der Waals surface area contributed by atoms with Gasteiger partial charge in [-0.05, 0) is 0 Å². The van der Waals surface area contributed by atoms with Crippen molar-refractivity contribution in [3.05, 3.63) is 36.4 Å². The van der Waals surface area contributed by atoms with Crippen LogP contribution in [-0.4, -0.2) is 43.1 Å². The van der Waals surface area contributed by atoms with Crippen molar-refractivity contribution >= 4 is 21.4 Å². The van der Waals surface area contributed by atoms with E-state index in [4.69, 9.17) is 24.7 Å². The van der Waals surface area contributed by atoms with Gasteiger partial charge >= 0.3 is 0 Å². The van der Waals surface area contributed by atoms with E-state index in [9.17, 15) is 8.42 Å². The van der Waals surface area contributed by atoms with Gasteiger partial charge in [0.05, 0.1) is 40.4 Å². The van der Waals surface area contributed by atoms with Crippen molar-refractivity contribution < 1.29 is 27.4 Å². The third kappa shape index (κ3) is 7.39. The fraction of sp³-hybridized carbons (Fsp3) is 0.294. The van der Waals surface area contributed by atoms with E-state index >= 15 is 0 Å². The monoisotopic (exact) mass is 384 g/mol. The van der Waals surface area contributed by atoms with Crippen molar-refractivity contribution in [1.29, 1.82) is 0 Å². The predicted octanol–water partition coefficient (Wildman–Crippen LogP) is 2.36. The highest BCUT2D eigenvalue weighted by Gasteiger charge is 2.05. The van der Waals surface area contributed by atoms with E-state index < -0.39 is 10.0 Å². The van der Waals surface area contributed by atoms with Crippen LogP contribution in [0.25, 0.3) is 0 Å². The van der Waals surface area contributed by atoms with Gasteiger partial charge < -0.3 is 24.7 Å². The molecule has 144 valence electrons. The molecule has 0 bridgehead atoms. The Bertz CT molecular complexity index is 779. The van der Waals surface area contributed by atoms with E-state index in [1.165, 1.54) is 14.2 Å². The molecule has 0 radical (unpaired) electrons. The molecule has 0 aliphatic heterocycles. The fourth-order valence-corrected chi connectivity index (χ4v) is 2.46. The molecular formula is C17H24N2O6S. The molecule has 2 aromatic rings. The zero-order valence-corrected chi connectivity index (χ0v) is 16.2. The Morgan fingerprint density at radius 1 is 0.731 bits per heavy atom. The summed E-state index contributed by atoms with van der Waals surface area (Å²) in [5.41, 5.74) is 6.60. The molecule has 0 heterocycles. The van der Waals surface area contributed by atoms with E-state index in [0.29, 0.717) is 34.4 Å². The molecule has 3 N–H and O–H groups in total. The van der Waals surface area contributed by atoms with Gasteiger partial charge in [0.15, 0.2) is 0 Å². The molecule has 0 saturated heterocycles. The van der Waals surface area contributed by atoms with Gasteiger partial charge in [0, 0.05) is 42.1 Å². The summed E-state index contributed by atoms with van der Waals surface area (Å²) < 4.78 is 44.3. The third-order valence-electron chi connectivity index (χ3n) is 3.03. The fourth-order valence-electron chi connectivity index (χ4n) is 1.91. The number of sulfonamides is 1. The van der Waals surface area contributed by atoms with Crippen molar-refractivity contribution in [2.24, 2.45) is 0 Å².